The molecule has 2 aromatic carbocycles. The van der Waals surface area contributed by atoms with Crippen LogP contribution in [0, 0.1) is 0 Å². The predicted octanol–water partition coefficient (Wildman–Crippen LogP) is 4.80. The highest BCUT2D eigenvalue weighted by Gasteiger charge is 2.47. The van der Waals surface area contributed by atoms with Crippen LogP contribution in [0.2, 0.25) is 0 Å². The van der Waals surface area contributed by atoms with E-state index in [1.807, 2.05) is 41.5 Å². The minimum Gasteiger partial charge on any atom is -0.480 e. The molecule has 0 aliphatic carbocycles. The molecule has 0 amide bonds. The Hall–Kier alpha value is -2.10. The Labute approximate surface area is 268 Å². The van der Waals surface area contributed by atoms with E-state index in [9.17, 15) is 36.6 Å². The van der Waals surface area contributed by atoms with Crippen LogP contribution in [0.3, 0.4) is 0 Å². The van der Waals surface area contributed by atoms with Crippen molar-refractivity contribution in [2.45, 2.75) is 97.6 Å². The molecule has 0 aromatic heterocycles. The van der Waals surface area contributed by atoms with Crippen LogP contribution in [0.1, 0.15) is 65.5 Å². The monoisotopic (exact) mass is 684 g/mol. The molecule has 44 heavy (non-hydrogen) atoms. The van der Waals surface area contributed by atoms with Crippen LogP contribution < -0.4 is 0 Å². The average molecular weight is 685 g/mol. The molecule has 0 unspecified atom stereocenters. The normalized spacial score (nSPS) is 24.0. The first-order valence-electron chi connectivity index (χ1n) is 14.3. The lowest BCUT2D eigenvalue weighted by atomic mass is 9.87. The lowest BCUT2D eigenvalue weighted by Gasteiger charge is -2.23. The number of carbonyl (C=O) groups is 2. The van der Waals surface area contributed by atoms with Crippen molar-refractivity contribution in [3.8, 4) is 0 Å². The third-order valence-electron chi connectivity index (χ3n) is 7.99. The summed E-state index contributed by atoms with van der Waals surface area (Å²) in [6.07, 6.45) is 0.146. The van der Waals surface area contributed by atoms with E-state index < -0.39 is 44.1 Å². The summed E-state index contributed by atoms with van der Waals surface area (Å²) in [4.78, 5) is 24.2. The zero-order chi connectivity index (χ0) is 32.8. The Morgan fingerprint density at radius 3 is 1.18 bits per heavy atom. The van der Waals surface area contributed by atoms with Crippen LogP contribution in [0.5, 0.6) is 0 Å². The summed E-state index contributed by atoms with van der Waals surface area (Å²) in [6, 6.07) is 10.4. The SMILES string of the molecule is CC(C)(C)c1ccc(S(=O)(=O)N2C[C@H](SS[C@@H]3C[C@@H](C(=O)O)N(S(=O)(=O)c4ccc(C(C)(C)C)cc4)C3)C[C@H]2C(=O)O)cc1. The first kappa shape index (κ1) is 34.8. The van der Waals surface area contributed by atoms with Gasteiger partial charge in [0.15, 0.2) is 0 Å². The van der Waals surface area contributed by atoms with E-state index in [0.29, 0.717) is 0 Å². The van der Waals surface area contributed by atoms with E-state index in [-0.39, 0.29) is 57.1 Å². The molecular formula is C30H40N2O8S4. The van der Waals surface area contributed by atoms with Gasteiger partial charge in [0.2, 0.25) is 20.0 Å². The number of hydrogen-bond donors (Lipinski definition) is 2. The van der Waals surface area contributed by atoms with Gasteiger partial charge in [-0.1, -0.05) is 87.4 Å². The van der Waals surface area contributed by atoms with E-state index in [4.69, 9.17) is 0 Å². The van der Waals surface area contributed by atoms with Gasteiger partial charge in [0, 0.05) is 23.6 Å². The minimum absolute atomic E-state index is 0.0199. The second-order valence-corrected chi connectivity index (χ2v) is 20.0. The Kier molecular flexibility index (Phi) is 9.95. The topological polar surface area (TPSA) is 149 Å². The highest BCUT2D eigenvalue weighted by Crippen LogP contribution is 2.44. The van der Waals surface area contributed by atoms with Crippen LogP contribution in [-0.2, 0) is 40.5 Å². The quantitative estimate of drug-likeness (QED) is 0.353. The smallest absolute Gasteiger partial charge is 0.322 e. The van der Waals surface area contributed by atoms with Gasteiger partial charge in [-0.3, -0.25) is 9.59 Å². The molecule has 242 valence electrons. The zero-order valence-electron chi connectivity index (χ0n) is 25.6. The van der Waals surface area contributed by atoms with Crippen molar-refractivity contribution in [1.82, 2.24) is 8.61 Å². The fourth-order valence-corrected chi connectivity index (χ4v) is 11.9. The molecule has 2 aliphatic rings. The Morgan fingerprint density at radius 1 is 0.636 bits per heavy atom. The number of aliphatic carboxylic acids is 2. The Bertz CT molecular complexity index is 1470. The third kappa shape index (κ3) is 7.31. The van der Waals surface area contributed by atoms with Gasteiger partial charge < -0.3 is 10.2 Å². The number of benzene rings is 2. The Balaban J connectivity index is 1.46. The zero-order valence-corrected chi connectivity index (χ0v) is 28.9. The van der Waals surface area contributed by atoms with Gasteiger partial charge in [0.1, 0.15) is 12.1 Å². The van der Waals surface area contributed by atoms with Crippen LogP contribution in [-0.4, -0.2) is 83.3 Å². The van der Waals surface area contributed by atoms with Crippen LogP contribution in [0.4, 0.5) is 0 Å². The van der Waals surface area contributed by atoms with E-state index in [1.54, 1.807) is 24.3 Å². The van der Waals surface area contributed by atoms with Gasteiger partial charge in [0.05, 0.1) is 9.79 Å². The fourth-order valence-electron chi connectivity index (χ4n) is 5.34. The van der Waals surface area contributed by atoms with Gasteiger partial charge >= 0.3 is 11.9 Å². The molecule has 0 saturated carbocycles. The molecule has 2 N–H and O–H groups in total. The molecular weight excluding hydrogens is 645 g/mol. The summed E-state index contributed by atoms with van der Waals surface area (Å²) in [6.45, 7) is 12.0. The molecule has 0 spiro atoms. The second kappa shape index (κ2) is 12.6. The highest BCUT2D eigenvalue weighted by atomic mass is 33.1. The van der Waals surface area contributed by atoms with Crippen molar-refractivity contribution >= 4 is 53.6 Å². The number of carboxylic acids is 2. The van der Waals surface area contributed by atoms with Gasteiger partial charge in [-0.25, -0.2) is 16.8 Å². The summed E-state index contributed by atoms with van der Waals surface area (Å²) in [5.41, 5.74) is 1.55. The minimum atomic E-state index is -4.09. The molecule has 2 heterocycles. The molecule has 14 heteroatoms. The first-order chi connectivity index (χ1) is 20.2. The van der Waals surface area contributed by atoms with E-state index >= 15 is 0 Å². The number of rotatable bonds is 9. The lowest BCUT2D eigenvalue weighted by molar-refractivity contribution is -0.141. The summed E-state index contributed by atoms with van der Waals surface area (Å²) >= 11 is 0. The summed E-state index contributed by atoms with van der Waals surface area (Å²) in [5, 5.41) is 19.0. The highest BCUT2D eigenvalue weighted by molar-refractivity contribution is 8.77. The summed E-state index contributed by atoms with van der Waals surface area (Å²) in [5.74, 6) is -2.48. The van der Waals surface area contributed by atoms with E-state index in [0.717, 1.165) is 19.7 Å². The van der Waals surface area contributed by atoms with Crippen LogP contribution >= 0.6 is 21.6 Å². The van der Waals surface area contributed by atoms with Gasteiger partial charge in [0.25, 0.3) is 0 Å². The van der Waals surface area contributed by atoms with Crippen molar-refractivity contribution in [3.05, 3.63) is 59.7 Å². The maximum Gasteiger partial charge on any atom is 0.322 e. The fraction of sp³-hybridized carbons (Fsp3) is 0.533. The molecule has 0 bridgehead atoms. The molecule has 4 atom stereocenters. The van der Waals surface area contributed by atoms with Gasteiger partial charge in [-0.2, -0.15) is 8.61 Å². The largest absolute Gasteiger partial charge is 0.480 e. The Morgan fingerprint density at radius 2 is 0.932 bits per heavy atom. The average Bonchev–Trinajstić information content (AvgIpc) is 3.57. The van der Waals surface area contributed by atoms with Gasteiger partial charge in [-0.05, 0) is 59.1 Å². The molecule has 2 aliphatic heterocycles. The van der Waals surface area contributed by atoms with Crippen molar-refractivity contribution in [2.24, 2.45) is 0 Å². The number of sulfonamides is 2. The maximum atomic E-state index is 13.5. The standard InChI is InChI=1S/C30H40N2O8S4/c1-29(2,3)19-7-11-23(12-8-19)43(37,38)31-17-21(15-25(31)27(33)34)41-42-22-16-26(28(35)36)32(18-22)44(39,40)24-13-9-20(10-14-24)30(4,5)6/h7-14,21-22,25-26H,15-18H2,1-6H3,(H,33,34)(H,35,36)/t21-,22-,25+,26+/m1/s1. The molecule has 2 aromatic rings. The van der Waals surface area contributed by atoms with Crippen molar-refractivity contribution in [1.29, 1.82) is 0 Å². The lowest BCUT2D eigenvalue weighted by Crippen LogP contribution is -2.40. The molecule has 10 nitrogen and oxygen atoms in total. The molecule has 4 rings (SSSR count). The van der Waals surface area contributed by atoms with Crippen LogP contribution in [0.25, 0.3) is 0 Å². The predicted molar refractivity (Wildman–Crippen MR) is 173 cm³/mol. The van der Waals surface area contributed by atoms with Crippen molar-refractivity contribution in [3.63, 3.8) is 0 Å². The first-order valence-corrected chi connectivity index (χ1v) is 19.4. The van der Waals surface area contributed by atoms with Crippen LogP contribution in [0.15, 0.2) is 58.3 Å². The number of nitrogens with zero attached hydrogens (tertiary/aromatic N) is 2. The molecule has 2 fully saturated rings. The van der Waals surface area contributed by atoms with Crippen molar-refractivity contribution < 1.29 is 36.6 Å². The molecule has 2 saturated heterocycles. The number of carboxylic acid groups (broad SMARTS) is 2. The second-order valence-electron chi connectivity index (χ2n) is 13.3. The van der Waals surface area contributed by atoms with E-state index in [1.165, 1.54) is 45.9 Å². The maximum absolute atomic E-state index is 13.5. The summed E-state index contributed by atoms with van der Waals surface area (Å²) < 4.78 is 56.1. The summed E-state index contributed by atoms with van der Waals surface area (Å²) in [7, 11) is -5.62. The van der Waals surface area contributed by atoms with E-state index in [2.05, 4.69) is 0 Å². The number of hydrogen-bond acceptors (Lipinski definition) is 8. The molecule has 0 radical (unpaired) electrons. The third-order valence-corrected chi connectivity index (χ3v) is 15.1. The van der Waals surface area contributed by atoms with Gasteiger partial charge in [-0.15, -0.1) is 0 Å². The van der Waals surface area contributed by atoms with Crippen molar-refractivity contribution in [2.75, 3.05) is 13.1 Å².